The van der Waals surface area contributed by atoms with Gasteiger partial charge >= 0.3 is 6.03 Å². The Morgan fingerprint density at radius 1 is 1.09 bits per heavy atom. The third kappa shape index (κ3) is 11.5. The van der Waals surface area contributed by atoms with Gasteiger partial charge in [0.05, 0.1) is 6.04 Å². The molecule has 4 N–H and O–H groups in total. The smallest absolute Gasteiger partial charge is 0.315 e. The molecule has 1 aliphatic heterocycles. The minimum atomic E-state index is -3.79. The van der Waals surface area contributed by atoms with Crippen molar-refractivity contribution in [2.24, 2.45) is 16.7 Å². The number of Topliss-reactive ketones (excluding diaryl/α,β-unsaturated/α-hetero) is 1. The molecule has 3 rings (SSSR count). The van der Waals surface area contributed by atoms with Crippen LogP contribution in [0.1, 0.15) is 99.8 Å². The van der Waals surface area contributed by atoms with Crippen LogP contribution in [0.5, 0.6) is 0 Å². The summed E-state index contributed by atoms with van der Waals surface area (Å²) in [4.78, 5) is 70.4. The monoisotopic (exact) mass is 790 g/mol. The maximum atomic E-state index is 14.9. The Morgan fingerprint density at radius 3 is 2.31 bits per heavy atom. The van der Waals surface area contributed by atoms with E-state index in [1.165, 1.54) is 22.3 Å². The average molecular weight is 791 g/mol. The molecule has 13 nitrogen and oxygen atoms in total. The van der Waals surface area contributed by atoms with Crippen LogP contribution >= 0.6 is 11.3 Å². The first-order valence-corrected chi connectivity index (χ1v) is 21.3. The van der Waals surface area contributed by atoms with Gasteiger partial charge in [0, 0.05) is 38.6 Å². The van der Waals surface area contributed by atoms with Gasteiger partial charge < -0.3 is 26.2 Å². The molecule has 0 bridgehead atoms. The number of carbonyl (C=O) groups is 5. The zero-order chi connectivity index (χ0) is 40.4. The number of likely N-dealkylation sites (N-methyl/N-ethyl adjacent to an activating group) is 1. The number of hydrogen-bond acceptors (Lipinski definition) is 8. The number of ketones is 1. The average Bonchev–Trinajstić information content (AvgIpc) is 3.79. The van der Waals surface area contributed by atoms with Crippen molar-refractivity contribution in [2.75, 3.05) is 26.7 Å². The van der Waals surface area contributed by atoms with E-state index < -0.39 is 74.6 Å². The molecule has 1 unspecified atom stereocenters. The van der Waals surface area contributed by atoms with Gasteiger partial charge in [0.1, 0.15) is 16.3 Å². The first kappa shape index (κ1) is 44.8. The molecule has 2 fully saturated rings. The van der Waals surface area contributed by atoms with Crippen LogP contribution in [0.2, 0.25) is 0 Å². The third-order valence-electron chi connectivity index (χ3n) is 10.5. The zero-order valence-electron chi connectivity index (χ0n) is 33.3. The van der Waals surface area contributed by atoms with Crippen LogP contribution in [-0.4, -0.2) is 98.0 Å². The van der Waals surface area contributed by atoms with E-state index in [4.69, 9.17) is 0 Å². The molecule has 0 spiro atoms. The van der Waals surface area contributed by atoms with Crippen molar-refractivity contribution in [2.45, 2.75) is 128 Å². The lowest BCUT2D eigenvalue weighted by Gasteiger charge is -2.43. The maximum absolute atomic E-state index is 14.9. The third-order valence-corrected chi connectivity index (χ3v) is 13.7. The van der Waals surface area contributed by atoms with Crippen molar-refractivity contribution in [3.05, 3.63) is 41.8 Å². The van der Waals surface area contributed by atoms with E-state index >= 15 is 0 Å². The lowest BCUT2D eigenvalue weighted by atomic mass is 9.70. The normalized spacial score (nSPS) is 20.3. The molecule has 302 valence electrons. The predicted molar refractivity (Wildman–Crippen MR) is 212 cm³/mol. The van der Waals surface area contributed by atoms with Crippen LogP contribution in [0.15, 0.2) is 46.0 Å². The van der Waals surface area contributed by atoms with Crippen molar-refractivity contribution in [1.82, 2.24) is 30.5 Å². The molecule has 15 heteroatoms. The molecular weight excluding hydrogens is 729 g/mol. The fraction of sp³-hybridized carbons (Fsp3) is 0.667. The molecular formula is C39H62N6O7S2. The van der Waals surface area contributed by atoms with E-state index in [1.807, 2.05) is 54.5 Å². The summed E-state index contributed by atoms with van der Waals surface area (Å²) in [5, 5.41) is 13.0. The van der Waals surface area contributed by atoms with Crippen LogP contribution in [0, 0.1) is 16.7 Å². The van der Waals surface area contributed by atoms with E-state index in [9.17, 15) is 32.4 Å². The summed E-state index contributed by atoms with van der Waals surface area (Å²) < 4.78 is 28.0. The largest absolute Gasteiger partial charge is 0.346 e. The second kappa shape index (κ2) is 19.3. The number of allylic oxidation sites excluding steroid dienone is 1. The van der Waals surface area contributed by atoms with Gasteiger partial charge in [-0.2, -0.15) is 4.31 Å². The highest BCUT2D eigenvalue weighted by molar-refractivity contribution is 7.91. The number of amides is 5. The van der Waals surface area contributed by atoms with Gasteiger partial charge in [0.2, 0.25) is 17.6 Å². The Kier molecular flexibility index (Phi) is 16.1. The highest BCUT2D eigenvalue weighted by Crippen LogP contribution is 2.41. The number of nitrogens with one attached hydrogen (secondary N) is 4. The first-order chi connectivity index (χ1) is 25.3. The molecule has 1 saturated heterocycles. The molecule has 2 aliphatic rings. The van der Waals surface area contributed by atoms with Gasteiger partial charge in [-0.25, -0.2) is 13.2 Å². The number of nitrogens with zero attached hydrogens (tertiary/aromatic N) is 2. The predicted octanol–water partition coefficient (Wildman–Crippen LogP) is 4.76. The van der Waals surface area contributed by atoms with Gasteiger partial charge in [-0.1, -0.05) is 84.1 Å². The Balaban J connectivity index is 1.94. The fourth-order valence-corrected chi connectivity index (χ4v) is 9.75. The SMILES string of the molecule is C=CCNC(=O)C(=O)C(CCC)NC(=O)[C@@H]1[C@@H](C=C(C)C)CCN1C(=O)[C@@H](NC(=O)N[C@H](CN(C)S(=O)(=O)c1cccs1)C(C)(C)C)C1(C)CCCCC1. The van der Waals surface area contributed by atoms with E-state index in [2.05, 4.69) is 27.8 Å². The number of sulfonamides is 1. The Bertz CT molecular complexity index is 1630. The van der Waals surface area contributed by atoms with Gasteiger partial charge in [0.25, 0.3) is 15.9 Å². The summed E-state index contributed by atoms with van der Waals surface area (Å²) in [5.41, 5.74) is -0.220. The molecule has 1 aromatic heterocycles. The van der Waals surface area contributed by atoms with Gasteiger partial charge in [-0.3, -0.25) is 19.2 Å². The molecule has 5 amide bonds. The molecule has 1 aromatic rings. The van der Waals surface area contributed by atoms with Crippen molar-refractivity contribution >= 4 is 50.9 Å². The van der Waals surface area contributed by atoms with Crippen molar-refractivity contribution < 1.29 is 32.4 Å². The number of thiophene rings is 1. The summed E-state index contributed by atoms with van der Waals surface area (Å²) in [5.74, 6) is -2.88. The Labute approximate surface area is 326 Å². The minimum absolute atomic E-state index is 0.00491. The van der Waals surface area contributed by atoms with Gasteiger partial charge in [-0.05, 0) is 61.8 Å². The summed E-state index contributed by atoms with van der Waals surface area (Å²) >= 11 is 1.12. The van der Waals surface area contributed by atoms with E-state index in [-0.39, 0.29) is 36.2 Å². The number of likely N-dealkylation sites (tertiary alicyclic amines) is 1. The summed E-state index contributed by atoms with van der Waals surface area (Å²) in [6, 6.07) is -1.08. The Morgan fingerprint density at radius 2 is 1.76 bits per heavy atom. The van der Waals surface area contributed by atoms with Crippen LogP contribution in [-0.2, 0) is 29.2 Å². The number of urea groups is 1. The van der Waals surface area contributed by atoms with Crippen molar-refractivity contribution in [3.63, 3.8) is 0 Å². The molecule has 0 aromatic carbocycles. The first-order valence-electron chi connectivity index (χ1n) is 19.0. The highest BCUT2D eigenvalue weighted by Gasteiger charge is 2.49. The van der Waals surface area contributed by atoms with Crippen LogP contribution in [0.25, 0.3) is 0 Å². The lowest BCUT2D eigenvalue weighted by molar-refractivity contribution is -0.145. The van der Waals surface area contributed by atoms with Gasteiger partial charge in [-0.15, -0.1) is 17.9 Å². The quantitative estimate of drug-likeness (QED) is 0.130. The van der Waals surface area contributed by atoms with Gasteiger partial charge in [0.15, 0.2) is 0 Å². The molecule has 1 saturated carbocycles. The Hall–Kier alpha value is -3.56. The van der Waals surface area contributed by atoms with E-state index in [0.29, 0.717) is 25.7 Å². The molecule has 5 atom stereocenters. The maximum Gasteiger partial charge on any atom is 0.315 e. The molecule has 54 heavy (non-hydrogen) atoms. The van der Waals surface area contributed by atoms with Crippen LogP contribution in [0.4, 0.5) is 4.79 Å². The molecule has 0 radical (unpaired) electrons. The lowest BCUT2D eigenvalue weighted by Crippen LogP contribution is -2.63. The minimum Gasteiger partial charge on any atom is -0.346 e. The molecule has 2 heterocycles. The summed E-state index contributed by atoms with van der Waals surface area (Å²) in [7, 11) is -2.30. The van der Waals surface area contributed by atoms with Crippen molar-refractivity contribution in [1.29, 1.82) is 0 Å². The summed E-state index contributed by atoms with van der Waals surface area (Å²) in [6.07, 6.45) is 8.79. The van der Waals surface area contributed by atoms with E-state index in [0.717, 1.165) is 36.2 Å². The second-order valence-corrected chi connectivity index (χ2v) is 19.5. The fourth-order valence-electron chi connectivity index (χ4n) is 7.36. The topological polar surface area (TPSA) is 174 Å². The second-order valence-electron chi connectivity index (χ2n) is 16.3. The van der Waals surface area contributed by atoms with E-state index in [1.54, 1.807) is 17.5 Å². The van der Waals surface area contributed by atoms with Crippen LogP contribution in [0.3, 0.4) is 0 Å². The number of hydrogen-bond donors (Lipinski definition) is 4. The number of carbonyl (C=O) groups excluding carboxylic acids is 5. The standard InChI is InChI=1S/C39H62N6O7S2/c1-10-16-28(32(46)35(48)40-21-11-2)41-34(47)31-27(24-26(3)4)18-22-45(31)36(49)33(39(8)19-13-12-14-20-39)43-37(50)42-29(38(5,6)7)25-44(9)54(51,52)30-17-15-23-53-30/h11,15,17,23-24,27-29,31,33H,2,10,12-14,16,18-22,25H2,1,3-9H3,(H,40,48)(H,41,47)(H2,42,43,50)/t27-,28?,29-,31+,33-/m1/s1. The zero-order valence-corrected chi connectivity index (χ0v) is 35.0. The van der Waals surface area contributed by atoms with Crippen LogP contribution < -0.4 is 21.3 Å². The highest BCUT2D eigenvalue weighted by atomic mass is 32.2. The summed E-state index contributed by atoms with van der Waals surface area (Å²) in [6.45, 7) is 17.3. The number of rotatable bonds is 17. The van der Waals surface area contributed by atoms with Crippen molar-refractivity contribution in [3.8, 4) is 0 Å². The molecule has 1 aliphatic carbocycles.